The third-order valence-corrected chi connectivity index (χ3v) is 3.92. The third-order valence-electron chi connectivity index (χ3n) is 3.67. The fourth-order valence-corrected chi connectivity index (χ4v) is 2.64. The van der Waals surface area contributed by atoms with E-state index < -0.39 is 0 Å². The van der Waals surface area contributed by atoms with Crippen molar-refractivity contribution in [1.29, 1.82) is 0 Å². The smallest absolute Gasteiger partial charge is 0.251 e. The van der Waals surface area contributed by atoms with E-state index in [1.165, 1.54) is 0 Å². The SMILES string of the molecule is NC(=S)C(NC(=O)c1ccc2c(c1)COC2)C1CC1. The summed E-state index contributed by atoms with van der Waals surface area (Å²) in [6.45, 7) is 1.21. The van der Waals surface area contributed by atoms with Gasteiger partial charge in [0.1, 0.15) is 0 Å². The molecule has 100 valence electrons. The number of amides is 1. The van der Waals surface area contributed by atoms with E-state index in [1.807, 2.05) is 18.2 Å². The summed E-state index contributed by atoms with van der Waals surface area (Å²) in [7, 11) is 0. The maximum absolute atomic E-state index is 12.2. The van der Waals surface area contributed by atoms with Crippen molar-refractivity contribution >= 4 is 23.1 Å². The maximum atomic E-state index is 12.2. The molecule has 0 bridgehead atoms. The predicted octanol–water partition coefficient (Wildman–Crippen LogP) is 1.51. The number of fused-ring (bicyclic) bond motifs is 1. The van der Waals surface area contributed by atoms with Crippen LogP contribution in [0.5, 0.6) is 0 Å². The lowest BCUT2D eigenvalue weighted by atomic mass is 10.1. The Bertz CT molecular complexity index is 540. The van der Waals surface area contributed by atoms with E-state index in [9.17, 15) is 4.79 Å². The van der Waals surface area contributed by atoms with E-state index in [-0.39, 0.29) is 11.9 Å². The summed E-state index contributed by atoms with van der Waals surface area (Å²) in [5.74, 6) is 0.304. The lowest BCUT2D eigenvalue weighted by molar-refractivity contribution is 0.0943. The minimum absolute atomic E-state index is 0.112. The number of nitrogens with one attached hydrogen (secondary N) is 1. The van der Waals surface area contributed by atoms with Gasteiger partial charge < -0.3 is 15.8 Å². The van der Waals surface area contributed by atoms with Crippen LogP contribution in [-0.2, 0) is 18.0 Å². The Morgan fingerprint density at radius 3 is 2.79 bits per heavy atom. The standard InChI is InChI=1S/C14H16N2O2S/c15-13(19)12(8-1-2-8)16-14(17)9-3-4-10-6-18-7-11(10)5-9/h3-5,8,12H,1-2,6-7H2,(H2,15,19)(H,16,17). The lowest BCUT2D eigenvalue weighted by Crippen LogP contribution is -2.45. The Morgan fingerprint density at radius 2 is 2.11 bits per heavy atom. The van der Waals surface area contributed by atoms with Gasteiger partial charge in [0, 0.05) is 5.56 Å². The molecule has 1 aromatic carbocycles. The predicted molar refractivity (Wildman–Crippen MR) is 75.7 cm³/mol. The van der Waals surface area contributed by atoms with Gasteiger partial charge in [-0.15, -0.1) is 0 Å². The Kier molecular flexibility index (Phi) is 3.24. The van der Waals surface area contributed by atoms with Gasteiger partial charge >= 0.3 is 0 Å². The van der Waals surface area contributed by atoms with Crippen LogP contribution in [0.2, 0.25) is 0 Å². The van der Waals surface area contributed by atoms with Crippen molar-refractivity contribution in [3.8, 4) is 0 Å². The van der Waals surface area contributed by atoms with Crippen LogP contribution in [-0.4, -0.2) is 16.9 Å². The van der Waals surface area contributed by atoms with Crippen LogP contribution in [0, 0.1) is 5.92 Å². The fourth-order valence-electron chi connectivity index (χ4n) is 2.39. The van der Waals surface area contributed by atoms with Crippen molar-refractivity contribution in [2.75, 3.05) is 0 Å². The molecule has 1 fully saturated rings. The van der Waals surface area contributed by atoms with Gasteiger partial charge in [0.25, 0.3) is 5.91 Å². The summed E-state index contributed by atoms with van der Waals surface area (Å²) in [6, 6.07) is 5.49. The largest absolute Gasteiger partial charge is 0.392 e. The molecule has 19 heavy (non-hydrogen) atoms. The fraction of sp³-hybridized carbons (Fsp3) is 0.429. The highest BCUT2D eigenvalue weighted by Crippen LogP contribution is 2.33. The number of benzene rings is 1. The van der Waals surface area contributed by atoms with Crippen molar-refractivity contribution < 1.29 is 9.53 Å². The molecular formula is C14H16N2O2S. The lowest BCUT2D eigenvalue weighted by Gasteiger charge is -2.17. The molecule has 1 amide bonds. The van der Waals surface area contributed by atoms with Gasteiger partial charge in [-0.2, -0.15) is 0 Å². The van der Waals surface area contributed by atoms with Gasteiger partial charge in [0.15, 0.2) is 0 Å². The molecule has 5 heteroatoms. The van der Waals surface area contributed by atoms with Crippen molar-refractivity contribution in [2.24, 2.45) is 11.7 Å². The van der Waals surface area contributed by atoms with Crippen molar-refractivity contribution in [3.05, 3.63) is 34.9 Å². The number of thiocarbonyl (C=S) groups is 1. The van der Waals surface area contributed by atoms with E-state index in [1.54, 1.807) is 0 Å². The van der Waals surface area contributed by atoms with Gasteiger partial charge in [-0.3, -0.25) is 4.79 Å². The first-order chi connectivity index (χ1) is 9.15. The molecule has 3 rings (SSSR count). The molecule has 1 heterocycles. The van der Waals surface area contributed by atoms with Crippen molar-refractivity contribution in [1.82, 2.24) is 5.32 Å². The highest BCUT2D eigenvalue weighted by atomic mass is 32.1. The Balaban J connectivity index is 1.74. The molecule has 0 spiro atoms. The molecule has 1 aliphatic carbocycles. The molecular weight excluding hydrogens is 260 g/mol. The summed E-state index contributed by atoms with van der Waals surface area (Å²) in [4.78, 5) is 12.6. The number of carbonyl (C=O) groups excluding carboxylic acids is 1. The zero-order valence-electron chi connectivity index (χ0n) is 10.5. The molecule has 1 saturated carbocycles. The van der Waals surface area contributed by atoms with Crippen molar-refractivity contribution in [2.45, 2.75) is 32.1 Å². The monoisotopic (exact) mass is 276 g/mol. The number of hydrogen-bond donors (Lipinski definition) is 2. The van der Waals surface area contributed by atoms with E-state index in [0.29, 0.717) is 29.7 Å². The minimum atomic E-state index is -0.174. The number of hydrogen-bond acceptors (Lipinski definition) is 3. The molecule has 1 atom stereocenters. The van der Waals surface area contributed by atoms with Crippen LogP contribution < -0.4 is 11.1 Å². The van der Waals surface area contributed by atoms with Gasteiger partial charge in [0.05, 0.1) is 24.2 Å². The van der Waals surface area contributed by atoms with Gasteiger partial charge in [0.2, 0.25) is 0 Å². The van der Waals surface area contributed by atoms with Crippen molar-refractivity contribution in [3.63, 3.8) is 0 Å². The third kappa shape index (κ3) is 2.62. The van der Waals surface area contributed by atoms with Crippen LogP contribution >= 0.6 is 12.2 Å². The van der Waals surface area contributed by atoms with Crippen LogP contribution in [0.1, 0.15) is 34.3 Å². The van der Waals surface area contributed by atoms with Crippen LogP contribution in [0.25, 0.3) is 0 Å². The highest BCUT2D eigenvalue weighted by molar-refractivity contribution is 7.80. The quantitative estimate of drug-likeness (QED) is 0.818. The molecule has 0 aromatic heterocycles. The minimum Gasteiger partial charge on any atom is -0.392 e. The van der Waals surface area contributed by atoms with E-state index in [0.717, 1.165) is 24.0 Å². The van der Waals surface area contributed by atoms with Gasteiger partial charge in [-0.25, -0.2) is 0 Å². The first-order valence-corrected chi connectivity index (χ1v) is 6.85. The molecule has 4 nitrogen and oxygen atoms in total. The van der Waals surface area contributed by atoms with Crippen LogP contribution in [0.15, 0.2) is 18.2 Å². The molecule has 1 aliphatic heterocycles. The first-order valence-electron chi connectivity index (χ1n) is 6.45. The zero-order chi connectivity index (χ0) is 13.4. The summed E-state index contributed by atoms with van der Waals surface area (Å²) < 4.78 is 5.34. The normalized spacial score (nSPS) is 18.7. The molecule has 0 saturated heterocycles. The highest BCUT2D eigenvalue weighted by Gasteiger charge is 2.34. The van der Waals surface area contributed by atoms with Crippen LogP contribution in [0.4, 0.5) is 0 Å². The number of ether oxygens (including phenoxy) is 1. The Morgan fingerprint density at radius 1 is 1.37 bits per heavy atom. The number of carbonyl (C=O) groups is 1. The summed E-state index contributed by atoms with van der Waals surface area (Å²) in [6.07, 6.45) is 2.17. The van der Waals surface area contributed by atoms with Crippen LogP contribution in [0.3, 0.4) is 0 Å². The molecule has 2 aliphatic rings. The zero-order valence-corrected chi connectivity index (χ0v) is 11.3. The van der Waals surface area contributed by atoms with E-state index >= 15 is 0 Å². The average molecular weight is 276 g/mol. The second kappa shape index (κ2) is 4.90. The average Bonchev–Trinajstić information content (AvgIpc) is 3.11. The van der Waals surface area contributed by atoms with Gasteiger partial charge in [-0.05, 0) is 42.0 Å². The summed E-state index contributed by atoms with van der Waals surface area (Å²) in [5.41, 5.74) is 8.58. The topological polar surface area (TPSA) is 64.3 Å². The molecule has 3 N–H and O–H groups in total. The maximum Gasteiger partial charge on any atom is 0.251 e. The Hall–Kier alpha value is -1.46. The van der Waals surface area contributed by atoms with E-state index in [4.69, 9.17) is 22.7 Å². The molecule has 1 aromatic rings. The summed E-state index contributed by atoms with van der Waals surface area (Å²) >= 11 is 5.02. The first kappa shape index (κ1) is 12.6. The summed E-state index contributed by atoms with van der Waals surface area (Å²) in [5, 5.41) is 2.94. The second-order valence-electron chi connectivity index (χ2n) is 5.17. The number of nitrogens with two attached hydrogens (primary N) is 1. The molecule has 0 radical (unpaired) electrons. The number of rotatable bonds is 4. The van der Waals surface area contributed by atoms with E-state index in [2.05, 4.69) is 5.32 Å². The van der Waals surface area contributed by atoms with Gasteiger partial charge in [-0.1, -0.05) is 18.3 Å². The Labute approximate surface area is 117 Å². The second-order valence-corrected chi connectivity index (χ2v) is 5.64. The molecule has 1 unspecified atom stereocenters.